The summed E-state index contributed by atoms with van der Waals surface area (Å²) < 4.78 is 14.3. The second-order valence-electron chi connectivity index (χ2n) is 2.97. The van der Waals surface area contributed by atoms with E-state index in [1.165, 1.54) is 0 Å². The number of nitrogens with two attached hydrogens (primary N) is 1. The van der Waals surface area contributed by atoms with Crippen molar-refractivity contribution in [1.82, 2.24) is 5.32 Å². The first-order valence-corrected chi connectivity index (χ1v) is 5.80. The molecule has 0 aromatic rings. The molecule has 17 heavy (non-hydrogen) atoms. The van der Waals surface area contributed by atoms with Crippen LogP contribution in [-0.2, 0) is 18.7 Å². The lowest BCUT2D eigenvalue weighted by atomic mass is 10.2. The quantitative estimate of drug-likeness (QED) is 0.263. The van der Waals surface area contributed by atoms with Gasteiger partial charge in [-0.1, -0.05) is 0 Å². The Kier molecular flexibility index (Phi) is 6.24. The third kappa shape index (κ3) is 7.00. The fourth-order valence-corrected chi connectivity index (χ4v) is 1.05. The first-order chi connectivity index (χ1) is 7.67. The maximum absolute atomic E-state index is 11.1. The van der Waals surface area contributed by atoms with Gasteiger partial charge in [-0.2, -0.15) is 0 Å². The number of aliphatic hydroxyl groups is 1. The minimum atomic E-state index is -4.83. The first kappa shape index (κ1) is 16.0. The second-order valence-corrected chi connectivity index (χ2v) is 4.21. The Morgan fingerprint density at radius 3 is 2.29 bits per heavy atom. The summed E-state index contributed by atoms with van der Waals surface area (Å²) in [7, 11) is -4.83. The molecule has 0 aromatic carbocycles. The van der Waals surface area contributed by atoms with E-state index in [0.717, 1.165) is 0 Å². The van der Waals surface area contributed by atoms with Gasteiger partial charge in [0.15, 0.2) is 6.04 Å². The minimum absolute atomic E-state index is 0.697. The molecule has 0 aromatic heterocycles. The Balaban J connectivity index is 4.40. The summed E-state index contributed by atoms with van der Waals surface area (Å²) in [6.07, 6.45) is 0. The summed E-state index contributed by atoms with van der Waals surface area (Å²) in [6.45, 7) is -1.62. The molecule has 0 aliphatic rings. The lowest BCUT2D eigenvalue weighted by Gasteiger charge is -2.16. The number of hydrogen-bond acceptors (Lipinski definition) is 6. The average Bonchev–Trinajstić information content (AvgIpc) is 2.20. The Morgan fingerprint density at radius 1 is 1.41 bits per heavy atom. The molecular formula is C6H13N2O8P. The number of amides is 1. The van der Waals surface area contributed by atoms with Crippen molar-refractivity contribution in [3.05, 3.63) is 0 Å². The van der Waals surface area contributed by atoms with Crippen LogP contribution in [-0.4, -0.2) is 57.2 Å². The predicted molar refractivity (Wildman–Crippen MR) is 52.6 cm³/mol. The van der Waals surface area contributed by atoms with Gasteiger partial charge in [-0.15, -0.1) is 0 Å². The fourth-order valence-electron chi connectivity index (χ4n) is 0.708. The summed E-state index contributed by atoms with van der Waals surface area (Å²) in [6, 6.07) is -3.00. The molecule has 0 aliphatic carbocycles. The Bertz CT molecular complexity index is 328. The number of carbonyl (C=O) groups excluding carboxylic acids is 1. The molecular weight excluding hydrogens is 259 g/mol. The van der Waals surface area contributed by atoms with Crippen LogP contribution in [0, 0.1) is 0 Å². The van der Waals surface area contributed by atoms with E-state index >= 15 is 0 Å². The topological polar surface area (TPSA) is 179 Å². The highest BCUT2D eigenvalue weighted by Gasteiger charge is 2.26. The number of carbonyl (C=O) groups is 2. The molecule has 11 heteroatoms. The number of phosphoric acid groups is 1. The molecule has 0 saturated heterocycles. The van der Waals surface area contributed by atoms with Gasteiger partial charge in [0.1, 0.15) is 6.04 Å². The average molecular weight is 272 g/mol. The van der Waals surface area contributed by atoms with Crippen LogP contribution in [0.15, 0.2) is 0 Å². The Morgan fingerprint density at radius 2 is 1.94 bits per heavy atom. The zero-order chi connectivity index (χ0) is 13.6. The van der Waals surface area contributed by atoms with Gasteiger partial charge in [-0.3, -0.25) is 9.32 Å². The summed E-state index contributed by atoms with van der Waals surface area (Å²) in [5.74, 6) is -2.54. The van der Waals surface area contributed by atoms with E-state index in [4.69, 9.17) is 25.7 Å². The highest BCUT2D eigenvalue weighted by atomic mass is 31.2. The summed E-state index contributed by atoms with van der Waals surface area (Å²) >= 11 is 0. The molecule has 0 saturated carbocycles. The Labute approximate surface area is 95.6 Å². The molecule has 1 amide bonds. The van der Waals surface area contributed by atoms with Crippen LogP contribution in [0.1, 0.15) is 0 Å². The van der Waals surface area contributed by atoms with Crippen molar-refractivity contribution < 1.29 is 38.7 Å². The maximum Gasteiger partial charge on any atom is 0.469 e. The van der Waals surface area contributed by atoms with Crippen molar-refractivity contribution in [2.45, 2.75) is 12.1 Å². The van der Waals surface area contributed by atoms with Crippen molar-refractivity contribution in [2.75, 3.05) is 13.2 Å². The lowest BCUT2D eigenvalue weighted by Crippen LogP contribution is -2.51. The largest absolute Gasteiger partial charge is 0.480 e. The standard InChI is InChI=1S/C6H13N2O8P/c7-3(1-9)5(10)8-4(6(11)12)2-16-17(13,14)15/h3-4,9H,1-2,7H2,(H,8,10)(H,11,12)(H2,13,14,15). The van der Waals surface area contributed by atoms with Gasteiger partial charge in [0.2, 0.25) is 5.91 Å². The molecule has 0 fully saturated rings. The van der Waals surface area contributed by atoms with Crippen molar-refractivity contribution >= 4 is 19.7 Å². The third-order valence-electron chi connectivity index (χ3n) is 1.56. The summed E-state index contributed by atoms with van der Waals surface area (Å²) in [4.78, 5) is 38.4. The van der Waals surface area contributed by atoms with Crippen LogP contribution in [0.5, 0.6) is 0 Å². The molecule has 2 unspecified atom stereocenters. The highest BCUT2D eigenvalue weighted by Crippen LogP contribution is 2.35. The molecule has 7 N–H and O–H groups in total. The number of aliphatic hydroxyl groups excluding tert-OH is 1. The predicted octanol–water partition coefficient (Wildman–Crippen LogP) is -3.02. The van der Waals surface area contributed by atoms with Crippen LogP contribution in [0.2, 0.25) is 0 Å². The molecule has 0 radical (unpaired) electrons. The monoisotopic (exact) mass is 272 g/mol. The van der Waals surface area contributed by atoms with Crippen molar-refractivity contribution in [3.63, 3.8) is 0 Å². The minimum Gasteiger partial charge on any atom is -0.480 e. The van der Waals surface area contributed by atoms with Crippen LogP contribution in [0.25, 0.3) is 0 Å². The number of hydrogen-bond donors (Lipinski definition) is 6. The number of phosphoric ester groups is 1. The van der Waals surface area contributed by atoms with Gasteiger partial charge in [0, 0.05) is 0 Å². The molecule has 0 heterocycles. The van der Waals surface area contributed by atoms with E-state index in [0.29, 0.717) is 0 Å². The van der Waals surface area contributed by atoms with Gasteiger partial charge in [-0.25, -0.2) is 9.36 Å². The molecule has 100 valence electrons. The molecule has 0 spiro atoms. The van der Waals surface area contributed by atoms with Crippen LogP contribution >= 0.6 is 7.82 Å². The smallest absolute Gasteiger partial charge is 0.469 e. The highest BCUT2D eigenvalue weighted by molar-refractivity contribution is 7.46. The van der Waals surface area contributed by atoms with Crippen molar-refractivity contribution in [1.29, 1.82) is 0 Å². The number of carboxylic acid groups (broad SMARTS) is 1. The van der Waals surface area contributed by atoms with Crippen molar-refractivity contribution in [2.24, 2.45) is 5.73 Å². The fraction of sp³-hybridized carbons (Fsp3) is 0.667. The molecule has 0 rings (SSSR count). The van der Waals surface area contributed by atoms with E-state index in [9.17, 15) is 14.2 Å². The second kappa shape index (κ2) is 6.64. The van der Waals surface area contributed by atoms with E-state index < -0.39 is 45.0 Å². The van der Waals surface area contributed by atoms with Crippen LogP contribution in [0.3, 0.4) is 0 Å². The van der Waals surface area contributed by atoms with E-state index in [2.05, 4.69) is 4.52 Å². The van der Waals surface area contributed by atoms with E-state index in [1.54, 1.807) is 0 Å². The third-order valence-corrected chi connectivity index (χ3v) is 2.04. The summed E-state index contributed by atoms with van der Waals surface area (Å²) in [5.41, 5.74) is 5.10. The van der Waals surface area contributed by atoms with Crippen molar-refractivity contribution in [3.8, 4) is 0 Å². The normalized spacial score (nSPS) is 15.1. The Hall–Kier alpha value is -1.03. The number of rotatable bonds is 7. The molecule has 2 atom stereocenters. The summed E-state index contributed by atoms with van der Waals surface area (Å²) in [5, 5.41) is 19.0. The SMILES string of the molecule is NC(CO)C(=O)NC(COP(=O)(O)O)C(=O)O. The molecule has 0 aliphatic heterocycles. The maximum atomic E-state index is 11.1. The van der Waals surface area contributed by atoms with E-state index in [-0.39, 0.29) is 0 Å². The molecule has 0 bridgehead atoms. The first-order valence-electron chi connectivity index (χ1n) is 4.27. The van der Waals surface area contributed by atoms with Crippen LogP contribution in [0.4, 0.5) is 0 Å². The number of aliphatic carboxylic acids is 1. The van der Waals surface area contributed by atoms with Gasteiger partial charge in [0.25, 0.3) is 0 Å². The zero-order valence-electron chi connectivity index (χ0n) is 8.52. The van der Waals surface area contributed by atoms with Crippen LogP contribution < -0.4 is 11.1 Å². The number of carboxylic acids is 1. The van der Waals surface area contributed by atoms with Gasteiger partial charge in [0.05, 0.1) is 13.2 Å². The molecule has 10 nitrogen and oxygen atoms in total. The lowest BCUT2D eigenvalue weighted by molar-refractivity contribution is -0.143. The number of nitrogens with one attached hydrogen (secondary N) is 1. The van der Waals surface area contributed by atoms with Gasteiger partial charge < -0.3 is 31.1 Å². The van der Waals surface area contributed by atoms with Gasteiger partial charge in [-0.05, 0) is 0 Å². The zero-order valence-corrected chi connectivity index (χ0v) is 9.41. The van der Waals surface area contributed by atoms with Gasteiger partial charge >= 0.3 is 13.8 Å². The van der Waals surface area contributed by atoms with E-state index in [1.807, 2.05) is 5.32 Å².